The molecule has 1 saturated heterocycles. The highest BCUT2D eigenvalue weighted by atomic mass is 16.5. The van der Waals surface area contributed by atoms with Crippen molar-refractivity contribution in [2.75, 3.05) is 25.5 Å². The molecule has 1 aliphatic heterocycles. The van der Waals surface area contributed by atoms with Crippen molar-refractivity contribution in [2.45, 2.75) is 32.8 Å². The van der Waals surface area contributed by atoms with Gasteiger partial charge in [0.1, 0.15) is 5.75 Å². The molecular formula is C16H24N2O3. The second-order valence-electron chi connectivity index (χ2n) is 5.68. The lowest BCUT2D eigenvalue weighted by Crippen LogP contribution is -2.42. The fourth-order valence-corrected chi connectivity index (χ4v) is 2.68. The van der Waals surface area contributed by atoms with Crippen molar-refractivity contribution < 1.29 is 14.6 Å². The van der Waals surface area contributed by atoms with Gasteiger partial charge >= 0.3 is 6.03 Å². The average molecular weight is 292 g/mol. The number of ether oxygens (including phenoxy) is 1. The van der Waals surface area contributed by atoms with Crippen molar-refractivity contribution in [3.05, 3.63) is 23.8 Å². The van der Waals surface area contributed by atoms with Crippen LogP contribution in [0.4, 0.5) is 10.5 Å². The SMILES string of the molecule is COc1ccc(NC(=O)N2CCC(C(C)O)CC2)c(C)c1. The molecule has 0 bridgehead atoms. The van der Waals surface area contributed by atoms with Crippen molar-refractivity contribution in [3.8, 4) is 5.75 Å². The fraction of sp³-hybridized carbons (Fsp3) is 0.562. The molecule has 21 heavy (non-hydrogen) atoms. The summed E-state index contributed by atoms with van der Waals surface area (Å²) in [5.74, 6) is 1.08. The van der Waals surface area contributed by atoms with Gasteiger partial charge in [-0.2, -0.15) is 0 Å². The Bertz CT molecular complexity index is 494. The zero-order valence-electron chi connectivity index (χ0n) is 12.9. The molecule has 5 nitrogen and oxygen atoms in total. The molecule has 1 aliphatic rings. The number of urea groups is 1. The molecule has 0 aromatic heterocycles. The van der Waals surface area contributed by atoms with E-state index in [1.54, 1.807) is 7.11 Å². The van der Waals surface area contributed by atoms with Crippen LogP contribution in [0.2, 0.25) is 0 Å². The summed E-state index contributed by atoms with van der Waals surface area (Å²) < 4.78 is 5.16. The standard InChI is InChI=1S/C16H24N2O3/c1-11-10-14(21-3)4-5-15(11)17-16(20)18-8-6-13(7-9-18)12(2)19/h4-5,10,12-13,19H,6-9H2,1-3H3,(H,17,20). The fourth-order valence-electron chi connectivity index (χ4n) is 2.68. The van der Waals surface area contributed by atoms with E-state index in [4.69, 9.17) is 4.74 Å². The average Bonchev–Trinajstić information content (AvgIpc) is 2.49. The minimum Gasteiger partial charge on any atom is -0.497 e. The van der Waals surface area contributed by atoms with E-state index in [0.29, 0.717) is 19.0 Å². The van der Waals surface area contributed by atoms with Crippen molar-refractivity contribution in [1.82, 2.24) is 4.90 Å². The summed E-state index contributed by atoms with van der Waals surface area (Å²) in [4.78, 5) is 14.1. The van der Waals surface area contributed by atoms with Gasteiger partial charge in [0.15, 0.2) is 0 Å². The van der Waals surface area contributed by atoms with Gasteiger partial charge in [0.2, 0.25) is 0 Å². The third-order valence-corrected chi connectivity index (χ3v) is 4.18. The largest absolute Gasteiger partial charge is 0.497 e. The van der Waals surface area contributed by atoms with Crippen LogP contribution in [-0.2, 0) is 0 Å². The minimum absolute atomic E-state index is 0.0766. The summed E-state index contributed by atoms with van der Waals surface area (Å²) in [5.41, 5.74) is 1.78. The highest BCUT2D eigenvalue weighted by Gasteiger charge is 2.25. The first-order valence-electron chi connectivity index (χ1n) is 7.40. The van der Waals surface area contributed by atoms with Crippen LogP contribution in [0.1, 0.15) is 25.3 Å². The smallest absolute Gasteiger partial charge is 0.321 e. The van der Waals surface area contributed by atoms with Gasteiger partial charge in [0, 0.05) is 18.8 Å². The third kappa shape index (κ3) is 3.88. The molecule has 1 aromatic carbocycles. The van der Waals surface area contributed by atoms with Gasteiger partial charge in [-0.1, -0.05) is 0 Å². The number of aryl methyl sites for hydroxylation is 1. The van der Waals surface area contributed by atoms with Crippen LogP contribution in [0.15, 0.2) is 18.2 Å². The van der Waals surface area contributed by atoms with Gasteiger partial charge in [0.25, 0.3) is 0 Å². The number of anilines is 1. The number of amides is 2. The number of nitrogens with one attached hydrogen (secondary N) is 1. The van der Waals surface area contributed by atoms with Crippen LogP contribution in [0.25, 0.3) is 0 Å². The van der Waals surface area contributed by atoms with E-state index >= 15 is 0 Å². The summed E-state index contributed by atoms with van der Waals surface area (Å²) >= 11 is 0. The number of rotatable bonds is 3. The van der Waals surface area contributed by atoms with Crippen LogP contribution < -0.4 is 10.1 Å². The molecule has 0 saturated carbocycles. The molecule has 5 heteroatoms. The van der Waals surface area contributed by atoms with Crippen LogP contribution in [-0.4, -0.2) is 42.3 Å². The first-order chi connectivity index (χ1) is 10.0. The zero-order chi connectivity index (χ0) is 15.4. The van der Waals surface area contributed by atoms with Gasteiger partial charge in [-0.3, -0.25) is 0 Å². The van der Waals surface area contributed by atoms with Crippen molar-refractivity contribution >= 4 is 11.7 Å². The second-order valence-corrected chi connectivity index (χ2v) is 5.68. The normalized spacial score (nSPS) is 17.4. The Labute approximate surface area is 125 Å². The number of nitrogens with zero attached hydrogens (tertiary/aromatic N) is 1. The van der Waals surface area contributed by atoms with Gasteiger partial charge in [-0.05, 0) is 56.4 Å². The van der Waals surface area contributed by atoms with Gasteiger partial charge < -0.3 is 20.1 Å². The molecule has 2 amide bonds. The lowest BCUT2D eigenvalue weighted by molar-refractivity contribution is 0.0820. The maximum atomic E-state index is 12.3. The number of aliphatic hydroxyl groups excluding tert-OH is 1. The third-order valence-electron chi connectivity index (χ3n) is 4.18. The molecule has 0 aliphatic carbocycles. The zero-order valence-corrected chi connectivity index (χ0v) is 12.9. The van der Waals surface area contributed by atoms with Crippen LogP contribution in [0.3, 0.4) is 0 Å². The quantitative estimate of drug-likeness (QED) is 0.900. The molecule has 116 valence electrons. The van der Waals surface area contributed by atoms with E-state index in [-0.39, 0.29) is 12.1 Å². The highest BCUT2D eigenvalue weighted by Crippen LogP contribution is 2.23. The lowest BCUT2D eigenvalue weighted by atomic mass is 9.92. The number of methoxy groups -OCH3 is 1. The molecule has 1 atom stereocenters. The number of aliphatic hydroxyl groups is 1. The predicted octanol–water partition coefficient (Wildman–Crippen LogP) is 2.63. The monoisotopic (exact) mass is 292 g/mol. The first kappa shape index (κ1) is 15.6. The van der Waals surface area contributed by atoms with Crippen LogP contribution in [0, 0.1) is 12.8 Å². The Morgan fingerprint density at radius 3 is 2.62 bits per heavy atom. The van der Waals surface area contributed by atoms with Crippen LogP contribution >= 0.6 is 0 Å². The van der Waals surface area contributed by atoms with Crippen molar-refractivity contribution in [2.24, 2.45) is 5.92 Å². The summed E-state index contributed by atoms with van der Waals surface area (Å²) in [6.45, 7) is 5.14. The van der Waals surface area contributed by atoms with E-state index in [0.717, 1.165) is 29.8 Å². The molecule has 1 fully saturated rings. The maximum absolute atomic E-state index is 12.3. The molecule has 0 spiro atoms. The van der Waals surface area contributed by atoms with E-state index in [1.807, 2.05) is 36.9 Å². The Morgan fingerprint density at radius 1 is 1.43 bits per heavy atom. The number of hydrogen-bond donors (Lipinski definition) is 2. The molecule has 2 rings (SSSR count). The molecule has 0 radical (unpaired) electrons. The van der Waals surface area contributed by atoms with Gasteiger partial charge in [0.05, 0.1) is 13.2 Å². The molecule has 1 aromatic rings. The number of benzene rings is 1. The van der Waals surface area contributed by atoms with E-state index in [9.17, 15) is 9.90 Å². The van der Waals surface area contributed by atoms with E-state index < -0.39 is 0 Å². The maximum Gasteiger partial charge on any atom is 0.321 e. The van der Waals surface area contributed by atoms with Gasteiger partial charge in [-0.15, -0.1) is 0 Å². The predicted molar refractivity (Wildman–Crippen MR) is 82.7 cm³/mol. The number of carbonyl (C=O) groups excluding carboxylic acids is 1. The Kier molecular flexibility index (Phi) is 5.07. The topological polar surface area (TPSA) is 61.8 Å². The lowest BCUT2D eigenvalue weighted by Gasteiger charge is -2.33. The number of piperidine rings is 1. The van der Waals surface area contributed by atoms with Crippen molar-refractivity contribution in [1.29, 1.82) is 0 Å². The van der Waals surface area contributed by atoms with Crippen molar-refractivity contribution in [3.63, 3.8) is 0 Å². The Balaban J connectivity index is 1.93. The number of hydrogen-bond acceptors (Lipinski definition) is 3. The molecule has 2 N–H and O–H groups in total. The summed E-state index contributed by atoms with van der Waals surface area (Å²) in [6, 6.07) is 5.51. The summed E-state index contributed by atoms with van der Waals surface area (Å²) in [7, 11) is 1.62. The molecule has 1 heterocycles. The summed E-state index contributed by atoms with van der Waals surface area (Å²) in [6.07, 6.45) is 1.42. The van der Waals surface area contributed by atoms with Crippen LogP contribution in [0.5, 0.6) is 5.75 Å². The minimum atomic E-state index is -0.293. The van der Waals surface area contributed by atoms with Gasteiger partial charge in [-0.25, -0.2) is 4.79 Å². The van der Waals surface area contributed by atoms with E-state index in [2.05, 4.69) is 5.32 Å². The number of likely N-dealkylation sites (tertiary alicyclic amines) is 1. The Hall–Kier alpha value is -1.75. The second kappa shape index (κ2) is 6.80. The van der Waals surface area contributed by atoms with E-state index in [1.165, 1.54) is 0 Å². The Morgan fingerprint density at radius 2 is 2.10 bits per heavy atom. The molecular weight excluding hydrogens is 268 g/mol. The highest BCUT2D eigenvalue weighted by molar-refractivity contribution is 5.90. The summed E-state index contributed by atoms with van der Waals surface area (Å²) in [5, 5.41) is 12.5. The first-order valence-corrected chi connectivity index (χ1v) is 7.40. The molecule has 1 unspecified atom stereocenters. The number of carbonyl (C=O) groups is 1.